The van der Waals surface area contributed by atoms with Gasteiger partial charge in [-0.2, -0.15) is 0 Å². The molecule has 2 aliphatic rings. The minimum Gasteiger partial charge on any atom is -0.378 e. The third-order valence-corrected chi connectivity index (χ3v) is 10.6. The lowest BCUT2D eigenvalue weighted by Crippen LogP contribution is -2.62. The zero-order chi connectivity index (χ0) is 31.9. The summed E-state index contributed by atoms with van der Waals surface area (Å²) in [6.45, 7) is 8.62. The number of rotatable bonds is 9. The van der Waals surface area contributed by atoms with Gasteiger partial charge in [0.2, 0.25) is 11.8 Å². The number of amides is 2. The molecule has 2 fully saturated rings. The van der Waals surface area contributed by atoms with Gasteiger partial charge in [-0.15, -0.1) is 0 Å². The van der Waals surface area contributed by atoms with E-state index in [-0.39, 0.29) is 29.1 Å². The number of piperidine rings is 1. The van der Waals surface area contributed by atoms with Crippen LogP contribution in [0.25, 0.3) is 10.9 Å². The van der Waals surface area contributed by atoms with Gasteiger partial charge in [-0.05, 0) is 85.5 Å². The topological polar surface area (TPSA) is 71.7 Å². The van der Waals surface area contributed by atoms with E-state index < -0.39 is 5.54 Å². The van der Waals surface area contributed by atoms with Crippen LogP contribution in [0, 0.1) is 18.3 Å². The van der Waals surface area contributed by atoms with Gasteiger partial charge < -0.3 is 25.0 Å². The molecule has 2 N–H and O–H groups in total. The van der Waals surface area contributed by atoms with Gasteiger partial charge >= 0.3 is 0 Å². The summed E-state index contributed by atoms with van der Waals surface area (Å²) in [5, 5.41) is 4.47. The first-order valence-electron chi connectivity index (χ1n) is 16.2. The fourth-order valence-corrected chi connectivity index (χ4v) is 7.64. The molecule has 7 nitrogen and oxygen atoms in total. The number of aryl methyl sites for hydroxylation is 1. The van der Waals surface area contributed by atoms with Crippen molar-refractivity contribution in [3.8, 4) is 0 Å². The standard InChI is InChI=1S/C38H47N5O2/c1-26-34(30-14-10-11-15-32(30)39-26)35-31(37(35,2)3)24-33(44)43(25-27-12-8-7-9-13-27)38(20-22-42(6)23-21-38)36(45)40-28-16-18-29(19-17-28)41(4)5/h7-19,31,35,39H,20-25H2,1-6H3,(H,40,45)/t31-,35-/m0/s1. The Morgan fingerprint density at radius 2 is 1.58 bits per heavy atom. The van der Waals surface area contributed by atoms with Crippen LogP contribution in [0.3, 0.4) is 0 Å². The number of likely N-dealkylation sites (tertiary alicyclic amines) is 1. The van der Waals surface area contributed by atoms with E-state index >= 15 is 0 Å². The predicted octanol–water partition coefficient (Wildman–Crippen LogP) is 6.80. The van der Waals surface area contributed by atoms with Crippen LogP contribution >= 0.6 is 0 Å². The molecule has 0 radical (unpaired) electrons. The number of carbonyl (C=O) groups is 2. The van der Waals surface area contributed by atoms with Crippen LogP contribution in [0.2, 0.25) is 0 Å². The summed E-state index contributed by atoms with van der Waals surface area (Å²) in [7, 11) is 6.09. The molecule has 2 amide bonds. The van der Waals surface area contributed by atoms with E-state index in [0.717, 1.165) is 35.5 Å². The average Bonchev–Trinajstić information content (AvgIpc) is 3.37. The van der Waals surface area contributed by atoms with Crippen molar-refractivity contribution in [2.75, 3.05) is 44.4 Å². The van der Waals surface area contributed by atoms with Crippen LogP contribution in [0.4, 0.5) is 11.4 Å². The lowest BCUT2D eigenvalue weighted by molar-refractivity contribution is -0.150. The molecule has 2 atom stereocenters. The van der Waals surface area contributed by atoms with Gasteiger partial charge in [0.25, 0.3) is 0 Å². The van der Waals surface area contributed by atoms with E-state index in [0.29, 0.717) is 25.8 Å². The molecule has 1 aliphatic carbocycles. The zero-order valence-corrected chi connectivity index (χ0v) is 27.6. The van der Waals surface area contributed by atoms with Crippen molar-refractivity contribution in [1.29, 1.82) is 0 Å². The molecule has 236 valence electrons. The molecule has 1 aliphatic heterocycles. The Labute approximate surface area is 267 Å². The maximum Gasteiger partial charge on any atom is 0.250 e. The van der Waals surface area contributed by atoms with Crippen LogP contribution in [0.5, 0.6) is 0 Å². The Morgan fingerprint density at radius 1 is 0.933 bits per heavy atom. The highest BCUT2D eigenvalue weighted by Crippen LogP contribution is 2.67. The fraction of sp³-hybridized carbons (Fsp3) is 0.421. The molecule has 0 unspecified atom stereocenters. The molecule has 0 bridgehead atoms. The van der Waals surface area contributed by atoms with E-state index in [1.807, 2.05) is 66.4 Å². The zero-order valence-electron chi connectivity index (χ0n) is 27.6. The van der Waals surface area contributed by atoms with E-state index in [1.165, 1.54) is 16.6 Å². The third kappa shape index (κ3) is 5.86. The number of aromatic nitrogens is 1. The Hall–Kier alpha value is -4.10. The summed E-state index contributed by atoms with van der Waals surface area (Å²) >= 11 is 0. The van der Waals surface area contributed by atoms with E-state index in [2.05, 4.69) is 79.4 Å². The smallest absolute Gasteiger partial charge is 0.250 e. The highest BCUT2D eigenvalue weighted by atomic mass is 16.2. The SMILES string of the molecule is Cc1[nH]c2ccccc2c1[C@@H]1[C@H](CC(=O)N(Cc2ccccc2)C2(C(=O)Nc3ccc(N(C)C)cc3)CCN(C)CC2)C1(C)C. The minimum absolute atomic E-state index is 0.0276. The minimum atomic E-state index is -0.953. The van der Waals surface area contributed by atoms with Gasteiger partial charge in [0.05, 0.1) is 0 Å². The number of para-hydroxylation sites is 1. The number of carbonyl (C=O) groups excluding carboxylic acids is 2. The predicted molar refractivity (Wildman–Crippen MR) is 184 cm³/mol. The van der Waals surface area contributed by atoms with E-state index in [1.54, 1.807) is 0 Å². The molecule has 6 rings (SSSR count). The summed E-state index contributed by atoms with van der Waals surface area (Å²) in [5.41, 5.74) is 5.51. The van der Waals surface area contributed by atoms with Crippen molar-refractivity contribution in [2.45, 2.75) is 58.0 Å². The van der Waals surface area contributed by atoms with E-state index in [4.69, 9.17) is 0 Å². The third-order valence-electron chi connectivity index (χ3n) is 10.6. The van der Waals surface area contributed by atoms with Crippen LogP contribution in [0.15, 0.2) is 78.9 Å². The maximum absolute atomic E-state index is 14.7. The number of hydrogen-bond acceptors (Lipinski definition) is 4. The Balaban J connectivity index is 1.33. The first-order chi connectivity index (χ1) is 21.5. The number of aromatic amines is 1. The highest BCUT2D eigenvalue weighted by molar-refractivity contribution is 6.01. The molecule has 1 saturated heterocycles. The van der Waals surface area contributed by atoms with Gasteiger partial charge in [0.1, 0.15) is 5.54 Å². The van der Waals surface area contributed by atoms with Crippen LogP contribution in [0.1, 0.15) is 55.8 Å². The van der Waals surface area contributed by atoms with E-state index in [9.17, 15) is 9.59 Å². The van der Waals surface area contributed by atoms with Gasteiger partial charge in [0.15, 0.2) is 0 Å². The molecular weight excluding hydrogens is 558 g/mol. The Kier molecular flexibility index (Phi) is 8.25. The van der Waals surface area contributed by atoms with Crippen LogP contribution in [-0.4, -0.2) is 66.4 Å². The maximum atomic E-state index is 14.7. The fourth-order valence-electron chi connectivity index (χ4n) is 7.64. The molecule has 2 heterocycles. The quantitative estimate of drug-likeness (QED) is 0.220. The normalized spacial score (nSPS) is 20.5. The monoisotopic (exact) mass is 605 g/mol. The summed E-state index contributed by atoms with van der Waals surface area (Å²) in [6.07, 6.45) is 1.58. The Bertz CT molecular complexity index is 1670. The van der Waals surface area contributed by atoms with Crippen molar-refractivity contribution in [3.63, 3.8) is 0 Å². The van der Waals surface area contributed by atoms with Crippen molar-refractivity contribution in [3.05, 3.63) is 95.7 Å². The largest absolute Gasteiger partial charge is 0.378 e. The van der Waals surface area contributed by atoms with Gasteiger partial charge in [-0.3, -0.25) is 9.59 Å². The average molecular weight is 606 g/mol. The molecule has 4 aromatic rings. The highest BCUT2D eigenvalue weighted by Gasteiger charge is 2.60. The van der Waals surface area contributed by atoms with Crippen molar-refractivity contribution >= 4 is 34.1 Å². The van der Waals surface area contributed by atoms with Crippen LogP contribution < -0.4 is 10.2 Å². The second kappa shape index (κ2) is 12.0. The number of fused-ring (bicyclic) bond motifs is 1. The van der Waals surface area contributed by atoms with Gasteiger partial charge in [-0.25, -0.2) is 0 Å². The van der Waals surface area contributed by atoms with Gasteiger partial charge in [0, 0.05) is 68.1 Å². The molecule has 7 heteroatoms. The van der Waals surface area contributed by atoms with Crippen molar-refractivity contribution in [1.82, 2.24) is 14.8 Å². The summed E-state index contributed by atoms with van der Waals surface area (Å²) < 4.78 is 0. The first kappa shape index (κ1) is 30.9. The molecule has 1 saturated carbocycles. The Morgan fingerprint density at radius 3 is 2.24 bits per heavy atom. The number of hydrogen-bond donors (Lipinski definition) is 2. The molecule has 3 aromatic carbocycles. The molecule has 45 heavy (non-hydrogen) atoms. The summed E-state index contributed by atoms with van der Waals surface area (Å²) in [4.78, 5) is 39.0. The molecular formula is C38H47N5O2. The second-order valence-corrected chi connectivity index (χ2v) is 14.0. The molecule has 1 aromatic heterocycles. The summed E-state index contributed by atoms with van der Waals surface area (Å²) in [5.74, 6) is 0.413. The summed E-state index contributed by atoms with van der Waals surface area (Å²) in [6, 6.07) is 26.5. The van der Waals surface area contributed by atoms with Gasteiger partial charge in [-0.1, -0.05) is 62.4 Å². The van der Waals surface area contributed by atoms with Crippen molar-refractivity contribution < 1.29 is 9.59 Å². The molecule has 0 spiro atoms. The number of H-pyrrole nitrogens is 1. The van der Waals surface area contributed by atoms with Crippen LogP contribution in [-0.2, 0) is 16.1 Å². The lowest BCUT2D eigenvalue weighted by atomic mass is 9.83. The first-order valence-corrected chi connectivity index (χ1v) is 16.2. The number of benzene rings is 3. The number of nitrogens with one attached hydrogen (secondary N) is 2. The van der Waals surface area contributed by atoms with Crippen molar-refractivity contribution in [2.24, 2.45) is 11.3 Å². The second-order valence-electron chi connectivity index (χ2n) is 14.0. The number of nitrogens with zero attached hydrogens (tertiary/aromatic N) is 3. The number of anilines is 2. The lowest BCUT2D eigenvalue weighted by Gasteiger charge is -2.47.